The lowest BCUT2D eigenvalue weighted by Crippen LogP contribution is -2.35. The molecular weight excluding hydrogens is 327 g/mol. The average molecular weight is 354 g/mol. The van der Waals surface area contributed by atoms with Crippen LogP contribution in [0.15, 0.2) is 10.2 Å². The second-order valence-electron chi connectivity index (χ2n) is 5.32. The summed E-state index contributed by atoms with van der Waals surface area (Å²) >= 11 is 2.30. The Bertz CT molecular complexity index is 199. The Morgan fingerprint density at radius 1 is 1.25 bits per heavy atom. The highest BCUT2D eigenvalue weighted by Gasteiger charge is 2.24. The normalized spacial score (nSPS) is 16.6. The van der Waals surface area contributed by atoms with E-state index in [0.29, 0.717) is 12.0 Å². The van der Waals surface area contributed by atoms with Crippen molar-refractivity contribution < 1.29 is 4.43 Å². The van der Waals surface area contributed by atoms with E-state index in [1.165, 1.54) is 25.7 Å². The van der Waals surface area contributed by atoms with Gasteiger partial charge >= 0.3 is 0 Å². The van der Waals surface area contributed by atoms with Crippen molar-refractivity contribution in [2.75, 3.05) is 0 Å². The van der Waals surface area contributed by atoms with Gasteiger partial charge in [0.1, 0.15) is 0 Å². The predicted molar refractivity (Wildman–Crippen MR) is 84.7 cm³/mol. The van der Waals surface area contributed by atoms with Gasteiger partial charge in [0, 0.05) is 0 Å². The van der Waals surface area contributed by atoms with Crippen molar-refractivity contribution >= 4 is 30.9 Å². The SMILES string of the molecule is CCCC[C@H](CC)[C@H](/C=C/I)O[Si](C)(C)C. The minimum atomic E-state index is -1.43. The van der Waals surface area contributed by atoms with E-state index in [-0.39, 0.29) is 0 Å². The van der Waals surface area contributed by atoms with Crippen molar-refractivity contribution in [3.8, 4) is 0 Å². The topological polar surface area (TPSA) is 9.23 Å². The Hall–Kier alpha value is 0.647. The highest BCUT2D eigenvalue weighted by molar-refractivity contribution is 14.1. The molecule has 0 unspecified atom stereocenters. The van der Waals surface area contributed by atoms with Crippen molar-refractivity contribution in [1.82, 2.24) is 0 Å². The first-order chi connectivity index (χ1) is 7.44. The third-order valence-electron chi connectivity index (χ3n) is 2.67. The maximum atomic E-state index is 6.28. The summed E-state index contributed by atoms with van der Waals surface area (Å²) in [5.74, 6) is 0.692. The van der Waals surface area contributed by atoms with E-state index in [4.69, 9.17) is 4.43 Å². The monoisotopic (exact) mass is 354 g/mol. The van der Waals surface area contributed by atoms with Crippen molar-refractivity contribution in [2.45, 2.75) is 65.3 Å². The summed E-state index contributed by atoms with van der Waals surface area (Å²) in [5, 5.41) is 0. The van der Waals surface area contributed by atoms with E-state index < -0.39 is 8.32 Å². The number of rotatable bonds is 8. The number of hydrogen-bond donors (Lipinski definition) is 0. The van der Waals surface area contributed by atoms with E-state index in [9.17, 15) is 0 Å². The molecule has 0 saturated heterocycles. The quantitative estimate of drug-likeness (QED) is 0.420. The van der Waals surface area contributed by atoms with Crippen LogP contribution in [-0.4, -0.2) is 14.4 Å². The zero-order valence-corrected chi connectivity index (χ0v) is 14.6. The lowest BCUT2D eigenvalue weighted by atomic mass is 9.93. The Morgan fingerprint density at radius 2 is 1.88 bits per heavy atom. The molecule has 0 amide bonds. The van der Waals surface area contributed by atoms with Crippen LogP contribution in [-0.2, 0) is 4.43 Å². The van der Waals surface area contributed by atoms with Crippen LogP contribution in [0.1, 0.15) is 39.5 Å². The summed E-state index contributed by atoms with van der Waals surface area (Å²) in [6.07, 6.45) is 7.69. The number of unbranched alkanes of at least 4 members (excludes halogenated alkanes) is 1. The van der Waals surface area contributed by atoms with Gasteiger partial charge in [0.2, 0.25) is 0 Å². The van der Waals surface area contributed by atoms with Crippen LogP contribution in [0.5, 0.6) is 0 Å². The molecule has 0 N–H and O–H groups in total. The molecular formula is C13H27IOSi. The van der Waals surface area contributed by atoms with Gasteiger partial charge in [-0.05, 0) is 36.1 Å². The van der Waals surface area contributed by atoms with Crippen LogP contribution < -0.4 is 0 Å². The van der Waals surface area contributed by atoms with Gasteiger partial charge in [-0.3, -0.25) is 0 Å². The molecule has 3 heteroatoms. The Morgan fingerprint density at radius 3 is 2.25 bits per heavy atom. The van der Waals surface area contributed by atoms with E-state index in [0.717, 1.165) is 0 Å². The predicted octanol–water partition coefficient (Wildman–Crippen LogP) is 5.37. The second-order valence-corrected chi connectivity index (χ2v) is 10.5. The maximum absolute atomic E-state index is 6.28. The van der Waals surface area contributed by atoms with Gasteiger partial charge in [0.15, 0.2) is 8.32 Å². The van der Waals surface area contributed by atoms with Gasteiger partial charge in [0.05, 0.1) is 6.10 Å². The minimum absolute atomic E-state index is 0.333. The van der Waals surface area contributed by atoms with E-state index in [1.54, 1.807) is 0 Å². The van der Waals surface area contributed by atoms with Gasteiger partial charge < -0.3 is 4.43 Å². The molecule has 0 aliphatic carbocycles. The summed E-state index contributed by atoms with van der Waals surface area (Å²) in [4.78, 5) is 0. The fourth-order valence-electron chi connectivity index (χ4n) is 1.84. The molecule has 0 rings (SSSR count). The molecule has 96 valence electrons. The summed E-state index contributed by atoms with van der Waals surface area (Å²) in [5.41, 5.74) is 0. The molecule has 0 aliphatic heterocycles. The molecule has 0 saturated carbocycles. The molecule has 0 spiro atoms. The third-order valence-corrected chi connectivity index (χ3v) is 4.06. The largest absolute Gasteiger partial charge is 0.411 e. The fourth-order valence-corrected chi connectivity index (χ4v) is 3.34. The molecule has 0 radical (unpaired) electrons. The molecule has 2 atom stereocenters. The van der Waals surface area contributed by atoms with Crippen LogP contribution in [0.25, 0.3) is 0 Å². The standard InChI is InChI=1S/C13H27IOSi/c1-6-8-9-12(7-2)13(10-11-14)15-16(3,4)5/h10-13H,6-9H2,1-5H3/b11-10+/t12-,13-/m0/s1. The van der Waals surface area contributed by atoms with Crippen LogP contribution in [0.3, 0.4) is 0 Å². The molecule has 0 aromatic heterocycles. The Kier molecular flexibility index (Phi) is 9.05. The van der Waals surface area contributed by atoms with Crippen LogP contribution in [0, 0.1) is 5.92 Å². The molecule has 1 nitrogen and oxygen atoms in total. The Labute approximate surface area is 116 Å². The summed E-state index contributed by atoms with van der Waals surface area (Å²) in [6.45, 7) is 11.4. The van der Waals surface area contributed by atoms with Crippen LogP contribution >= 0.6 is 22.6 Å². The van der Waals surface area contributed by atoms with Gasteiger partial charge in [-0.1, -0.05) is 61.8 Å². The zero-order valence-electron chi connectivity index (χ0n) is 11.4. The number of hydrogen-bond acceptors (Lipinski definition) is 1. The molecule has 0 aromatic carbocycles. The first kappa shape index (κ1) is 16.6. The smallest absolute Gasteiger partial charge is 0.184 e. The van der Waals surface area contributed by atoms with Crippen molar-refractivity contribution in [1.29, 1.82) is 0 Å². The second kappa shape index (κ2) is 8.70. The van der Waals surface area contributed by atoms with Crippen LogP contribution in [0.2, 0.25) is 19.6 Å². The van der Waals surface area contributed by atoms with Gasteiger partial charge in [-0.2, -0.15) is 0 Å². The van der Waals surface area contributed by atoms with Gasteiger partial charge in [0.25, 0.3) is 0 Å². The summed E-state index contributed by atoms with van der Waals surface area (Å²) in [6, 6.07) is 0. The first-order valence-corrected chi connectivity index (χ1v) is 11.0. The first-order valence-electron chi connectivity index (χ1n) is 6.39. The lowest BCUT2D eigenvalue weighted by Gasteiger charge is -2.30. The Balaban J connectivity index is 4.46. The summed E-state index contributed by atoms with van der Waals surface area (Å²) in [7, 11) is -1.43. The van der Waals surface area contributed by atoms with Crippen molar-refractivity contribution in [2.24, 2.45) is 5.92 Å². The molecule has 0 aliphatic rings. The molecule has 0 fully saturated rings. The maximum Gasteiger partial charge on any atom is 0.184 e. The van der Waals surface area contributed by atoms with E-state index in [2.05, 4.69) is 66.2 Å². The average Bonchev–Trinajstić information content (AvgIpc) is 2.17. The molecule has 16 heavy (non-hydrogen) atoms. The third kappa shape index (κ3) is 7.85. The number of halogens is 1. The summed E-state index contributed by atoms with van der Waals surface area (Å²) < 4.78 is 8.38. The van der Waals surface area contributed by atoms with E-state index in [1.807, 2.05) is 0 Å². The zero-order chi connectivity index (χ0) is 12.6. The molecule has 0 aromatic rings. The van der Waals surface area contributed by atoms with E-state index >= 15 is 0 Å². The highest BCUT2D eigenvalue weighted by atomic mass is 127. The van der Waals surface area contributed by atoms with Crippen LogP contribution in [0.4, 0.5) is 0 Å². The lowest BCUT2D eigenvalue weighted by molar-refractivity contribution is 0.159. The van der Waals surface area contributed by atoms with Gasteiger partial charge in [-0.25, -0.2) is 0 Å². The van der Waals surface area contributed by atoms with Crippen molar-refractivity contribution in [3.63, 3.8) is 0 Å². The van der Waals surface area contributed by atoms with Gasteiger partial charge in [-0.15, -0.1) is 0 Å². The molecule has 0 heterocycles. The fraction of sp³-hybridized carbons (Fsp3) is 0.846. The van der Waals surface area contributed by atoms with Crippen molar-refractivity contribution in [3.05, 3.63) is 10.2 Å². The minimum Gasteiger partial charge on any atom is -0.411 e. The molecule has 0 bridgehead atoms. The highest BCUT2D eigenvalue weighted by Crippen LogP contribution is 2.24.